The molecule has 0 spiro atoms. The van der Waals surface area contributed by atoms with Crippen molar-refractivity contribution in [2.45, 2.75) is 6.43 Å². The van der Waals surface area contributed by atoms with E-state index in [-0.39, 0.29) is 17.2 Å². The second-order valence-electron chi connectivity index (χ2n) is 2.24. The highest BCUT2D eigenvalue weighted by molar-refractivity contribution is 5.69. The molecule has 1 rings (SSSR count). The largest absolute Gasteiger partial charge is 0.397 e. The SMILES string of the molecule is Nc1cc(N)c(N)c(C(F)F)n1. The zero-order chi connectivity index (χ0) is 9.30. The van der Waals surface area contributed by atoms with Crippen LogP contribution in [0.3, 0.4) is 0 Å². The van der Waals surface area contributed by atoms with Gasteiger partial charge in [-0.25, -0.2) is 13.8 Å². The summed E-state index contributed by atoms with van der Waals surface area (Å²) in [5.74, 6) is -0.0583. The third-order valence-corrected chi connectivity index (χ3v) is 1.35. The molecule has 0 aliphatic heterocycles. The molecule has 12 heavy (non-hydrogen) atoms. The Morgan fingerprint density at radius 1 is 1.25 bits per heavy atom. The van der Waals surface area contributed by atoms with Crippen LogP contribution in [0, 0.1) is 0 Å². The summed E-state index contributed by atoms with van der Waals surface area (Å²) in [6, 6.07) is 1.24. The first-order valence-electron chi connectivity index (χ1n) is 3.12. The van der Waals surface area contributed by atoms with Gasteiger partial charge in [-0.05, 0) is 0 Å². The topological polar surface area (TPSA) is 91.0 Å². The maximum Gasteiger partial charge on any atom is 0.282 e. The normalized spacial score (nSPS) is 10.6. The van der Waals surface area contributed by atoms with Crippen LogP contribution in [0.5, 0.6) is 0 Å². The first kappa shape index (κ1) is 8.51. The van der Waals surface area contributed by atoms with Crippen LogP contribution in [0.1, 0.15) is 12.1 Å². The lowest BCUT2D eigenvalue weighted by Crippen LogP contribution is -2.05. The molecule has 0 fully saturated rings. The lowest BCUT2D eigenvalue weighted by molar-refractivity contribution is 0.147. The summed E-state index contributed by atoms with van der Waals surface area (Å²) in [5.41, 5.74) is 15.0. The maximum atomic E-state index is 12.1. The quantitative estimate of drug-likeness (QED) is 0.586. The molecule has 0 saturated heterocycles. The van der Waals surface area contributed by atoms with Crippen molar-refractivity contribution >= 4 is 17.2 Å². The van der Waals surface area contributed by atoms with E-state index in [0.29, 0.717) is 0 Å². The second kappa shape index (κ2) is 2.80. The minimum Gasteiger partial charge on any atom is -0.397 e. The summed E-state index contributed by atoms with van der Waals surface area (Å²) in [5, 5.41) is 0. The van der Waals surface area contributed by atoms with Crippen LogP contribution < -0.4 is 17.2 Å². The lowest BCUT2D eigenvalue weighted by Gasteiger charge is -2.06. The van der Waals surface area contributed by atoms with Crippen LogP contribution >= 0.6 is 0 Å². The number of alkyl halides is 2. The smallest absolute Gasteiger partial charge is 0.282 e. The highest BCUT2D eigenvalue weighted by atomic mass is 19.3. The van der Waals surface area contributed by atoms with Gasteiger partial charge in [-0.3, -0.25) is 0 Å². The number of aromatic nitrogens is 1. The summed E-state index contributed by atoms with van der Waals surface area (Å²) < 4.78 is 24.3. The van der Waals surface area contributed by atoms with Gasteiger partial charge in [0, 0.05) is 6.07 Å². The molecule has 1 aromatic rings. The van der Waals surface area contributed by atoms with Crippen molar-refractivity contribution in [3.63, 3.8) is 0 Å². The van der Waals surface area contributed by atoms with Crippen molar-refractivity contribution in [3.05, 3.63) is 11.8 Å². The Labute approximate surface area is 67.4 Å². The minimum atomic E-state index is -2.75. The molecule has 6 N–H and O–H groups in total. The van der Waals surface area contributed by atoms with Crippen LogP contribution in [0.2, 0.25) is 0 Å². The van der Waals surface area contributed by atoms with Gasteiger partial charge < -0.3 is 17.2 Å². The number of halogens is 2. The van der Waals surface area contributed by atoms with E-state index < -0.39 is 12.1 Å². The van der Waals surface area contributed by atoms with Crippen molar-refractivity contribution in [2.24, 2.45) is 0 Å². The molecule has 1 aromatic heterocycles. The first-order valence-corrected chi connectivity index (χ1v) is 3.12. The fraction of sp³-hybridized carbons (Fsp3) is 0.167. The summed E-state index contributed by atoms with van der Waals surface area (Å²) in [7, 11) is 0. The molecular weight excluding hydrogens is 166 g/mol. The second-order valence-corrected chi connectivity index (χ2v) is 2.24. The summed E-state index contributed by atoms with van der Waals surface area (Å²) >= 11 is 0. The number of pyridine rings is 1. The molecule has 0 unspecified atom stereocenters. The Hall–Kier alpha value is -1.59. The Balaban J connectivity index is 3.28. The Bertz CT molecular complexity index is 300. The monoisotopic (exact) mass is 174 g/mol. The van der Waals surface area contributed by atoms with Gasteiger partial charge in [-0.1, -0.05) is 0 Å². The fourth-order valence-corrected chi connectivity index (χ4v) is 0.783. The highest BCUT2D eigenvalue weighted by Gasteiger charge is 2.15. The van der Waals surface area contributed by atoms with Crippen molar-refractivity contribution < 1.29 is 8.78 Å². The molecular formula is C6H8F2N4. The lowest BCUT2D eigenvalue weighted by atomic mass is 10.2. The third-order valence-electron chi connectivity index (χ3n) is 1.35. The molecule has 1 heterocycles. The summed E-state index contributed by atoms with van der Waals surface area (Å²) in [4.78, 5) is 3.36. The number of hydrogen-bond acceptors (Lipinski definition) is 4. The van der Waals surface area contributed by atoms with E-state index in [4.69, 9.17) is 17.2 Å². The molecule has 0 bridgehead atoms. The average Bonchev–Trinajstić information content (AvgIpc) is 1.96. The molecule has 0 aliphatic rings. The van der Waals surface area contributed by atoms with Crippen LogP contribution in [0.25, 0.3) is 0 Å². The fourth-order valence-electron chi connectivity index (χ4n) is 0.783. The van der Waals surface area contributed by atoms with Crippen molar-refractivity contribution in [2.75, 3.05) is 17.2 Å². The molecule has 0 radical (unpaired) electrons. The van der Waals surface area contributed by atoms with Crippen LogP contribution in [-0.4, -0.2) is 4.98 Å². The number of rotatable bonds is 1. The molecule has 0 amide bonds. The number of nitrogen functional groups attached to an aromatic ring is 3. The van der Waals surface area contributed by atoms with Crippen LogP contribution in [0.15, 0.2) is 6.07 Å². The predicted octanol–water partition coefficient (Wildman–Crippen LogP) is 0.766. The molecule has 0 atom stereocenters. The van der Waals surface area contributed by atoms with Gasteiger partial charge in [-0.2, -0.15) is 0 Å². The number of hydrogen-bond donors (Lipinski definition) is 3. The van der Waals surface area contributed by atoms with E-state index in [1.54, 1.807) is 0 Å². The molecule has 6 heteroatoms. The first-order chi connectivity index (χ1) is 5.52. The van der Waals surface area contributed by atoms with E-state index in [9.17, 15) is 8.78 Å². The Morgan fingerprint density at radius 2 is 1.83 bits per heavy atom. The van der Waals surface area contributed by atoms with E-state index in [0.717, 1.165) is 0 Å². The minimum absolute atomic E-state index is 0.0257. The van der Waals surface area contributed by atoms with Gasteiger partial charge in [0.1, 0.15) is 11.5 Å². The van der Waals surface area contributed by atoms with E-state index in [1.165, 1.54) is 6.07 Å². The number of nitrogens with two attached hydrogens (primary N) is 3. The molecule has 0 saturated carbocycles. The standard InChI is InChI=1S/C6H8F2N4/c7-6(8)5-4(11)2(9)1-3(10)12-5/h1,6H,11H2,(H4,9,10,12). The van der Waals surface area contributed by atoms with Gasteiger partial charge in [0.05, 0.1) is 11.4 Å². The molecule has 66 valence electrons. The maximum absolute atomic E-state index is 12.1. The van der Waals surface area contributed by atoms with E-state index >= 15 is 0 Å². The zero-order valence-electron chi connectivity index (χ0n) is 6.09. The van der Waals surface area contributed by atoms with Crippen LogP contribution in [0.4, 0.5) is 26.0 Å². The van der Waals surface area contributed by atoms with Gasteiger partial charge in [0.25, 0.3) is 6.43 Å². The molecule has 4 nitrogen and oxygen atoms in total. The zero-order valence-corrected chi connectivity index (χ0v) is 6.09. The van der Waals surface area contributed by atoms with Crippen molar-refractivity contribution in [3.8, 4) is 0 Å². The average molecular weight is 174 g/mol. The van der Waals surface area contributed by atoms with Gasteiger partial charge in [0.15, 0.2) is 0 Å². The summed E-state index contributed by atoms with van der Waals surface area (Å²) in [6.07, 6.45) is -2.75. The highest BCUT2D eigenvalue weighted by Crippen LogP contribution is 2.28. The van der Waals surface area contributed by atoms with Gasteiger partial charge >= 0.3 is 0 Å². The van der Waals surface area contributed by atoms with E-state index in [1.807, 2.05) is 0 Å². The van der Waals surface area contributed by atoms with Gasteiger partial charge in [-0.15, -0.1) is 0 Å². The Kier molecular flexibility index (Phi) is 1.99. The van der Waals surface area contributed by atoms with Crippen molar-refractivity contribution in [1.82, 2.24) is 4.98 Å². The van der Waals surface area contributed by atoms with E-state index in [2.05, 4.69) is 4.98 Å². The van der Waals surface area contributed by atoms with Crippen LogP contribution in [-0.2, 0) is 0 Å². The molecule has 0 aliphatic carbocycles. The predicted molar refractivity (Wildman–Crippen MR) is 42.4 cm³/mol. The Morgan fingerprint density at radius 3 is 2.33 bits per heavy atom. The molecule has 0 aromatic carbocycles. The number of anilines is 3. The number of nitrogens with zero attached hydrogens (tertiary/aromatic N) is 1. The van der Waals surface area contributed by atoms with Crippen molar-refractivity contribution in [1.29, 1.82) is 0 Å². The summed E-state index contributed by atoms with van der Waals surface area (Å²) in [6.45, 7) is 0. The van der Waals surface area contributed by atoms with Gasteiger partial charge in [0.2, 0.25) is 0 Å². The third kappa shape index (κ3) is 1.36.